The largest absolute Gasteiger partial charge is 0.474 e. The van der Waals surface area contributed by atoms with Gasteiger partial charge in [0.25, 0.3) is 0 Å². The quantitative estimate of drug-likeness (QED) is 0.521. The Morgan fingerprint density at radius 2 is 2.06 bits per heavy atom. The Morgan fingerprint density at radius 1 is 1.28 bits per heavy atom. The number of allylic oxidation sites excluding steroid dienone is 1. The van der Waals surface area contributed by atoms with Gasteiger partial charge in [0.1, 0.15) is 12.4 Å². The molecule has 3 aliphatic heterocycles. The van der Waals surface area contributed by atoms with Gasteiger partial charge in [-0.25, -0.2) is 0 Å². The Hall–Kier alpha value is -0.790. The van der Waals surface area contributed by atoms with Gasteiger partial charge in [-0.1, -0.05) is 6.92 Å². The van der Waals surface area contributed by atoms with Crippen molar-refractivity contribution in [3.8, 4) is 0 Å². The highest BCUT2D eigenvalue weighted by molar-refractivity contribution is 14.1. The van der Waals surface area contributed by atoms with Gasteiger partial charge < -0.3 is 19.9 Å². The maximum Gasteiger partial charge on any atom is 0.235 e. The second kappa shape index (κ2) is 4.40. The van der Waals surface area contributed by atoms with E-state index in [0.717, 1.165) is 31.4 Å². The van der Waals surface area contributed by atoms with Crippen molar-refractivity contribution in [1.82, 2.24) is 18.2 Å². The molecule has 5 nitrogen and oxygen atoms in total. The number of nitrogens with zero attached hydrogens (tertiary/aromatic N) is 3. The summed E-state index contributed by atoms with van der Waals surface area (Å²) in [5.74, 6) is 3.82. The monoisotopic (exact) mass is 362 g/mol. The van der Waals surface area contributed by atoms with Gasteiger partial charge in [0.2, 0.25) is 5.88 Å². The standard InChI is InChI=1S/C12H19IN4O/c1-8-4-5-17(13)10-9(8)16(3)12-11(14-10)15(2)6-7-18-12/h8,14H,4-7H2,1-3H3. The zero-order valence-corrected chi connectivity index (χ0v) is 13.2. The van der Waals surface area contributed by atoms with Crippen LogP contribution in [0.3, 0.4) is 0 Å². The van der Waals surface area contributed by atoms with E-state index in [4.69, 9.17) is 4.74 Å². The van der Waals surface area contributed by atoms with Crippen LogP contribution < -0.4 is 5.32 Å². The zero-order valence-electron chi connectivity index (χ0n) is 11.0. The summed E-state index contributed by atoms with van der Waals surface area (Å²) >= 11 is 2.39. The molecule has 3 rings (SSSR count). The predicted octanol–water partition coefficient (Wildman–Crippen LogP) is 1.47. The number of likely N-dealkylation sites (N-methyl/N-ethyl adjacent to an activating group) is 1. The van der Waals surface area contributed by atoms with Gasteiger partial charge in [0.15, 0.2) is 5.82 Å². The van der Waals surface area contributed by atoms with Gasteiger partial charge in [-0.3, -0.25) is 3.11 Å². The molecule has 1 atom stereocenters. The molecule has 0 aromatic heterocycles. The summed E-state index contributed by atoms with van der Waals surface area (Å²) in [5, 5.41) is 3.55. The first-order chi connectivity index (χ1) is 8.59. The molecule has 0 radical (unpaired) electrons. The van der Waals surface area contributed by atoms with Crippen molar-refractivity contribution in [3.05, 3.63) is 23.2 Å². The lowest BCUT2D eigenvalue weighted by Gasteiger charge is -2.45. The number of hydrogen-bond acceptors (Lipinski definition) is 5. The van der Waals surface area contributed by atoms with E-state index in [1.54, 1.807) is 0 Å². The Labute approximate surface area is 122 Å². The topological polar surface area (TPSA) is 31.0 Å². The third kappa shape index (κ3) is 1.72. The molecule has 0 aromatic carbocycles. The van der Waals surface area contributed by atoms with Crippen molar-refractivity contribution >= 4 is 22.9 Å². The third-order valence-corrected chi connectivity index (χ3v) is 4.83. The van der Waals surface area contributed by atoms with E-state index in [9.17, 15) is 0 Å². The fraction of sp³-hybridized carbons (Fsp3) is 0.667. The second-order valence-electron chi connectivity index (χ2n) is 5.12. The van der Waals surface area contributed by atoms with Crippen LogP contribution in [0.4, 0.5) is 0 Å². The highest BCUT2D eigenvalue weighted by atomic mass is 127. The lowest BCUT2D eigenvalue weighted by molar-refractivity contribution is 0.0672. The molecule has 0 aliphatic carbocycles. The molecule has 3 aliphatic rings. The first-order valence-electron chi connectivity index (χ1n) is 6.36. The molecule has 100 valence electrons. The van der Waals surface area contributed by atoms with Crippen molar-refractivity contribution < 1.29 is 4.74 Å². The van der Waals surface area contributed by atoms with Crippen LogP contribution in [0.1, 0.15) is 13.3 Å². The minimum Gasteiger partial charge on any atom is -0.474 e. The molecule has 1 N–H and O–H groups in total. The summed E-state index contributed by atoms with van der Waals surface area (Å²) in [4.78, 5) is 4.44. The lowest BCUT2D eigenvalue weighted by Crippen LogP contribution is -2.49. The van der Waals surface area contributed by atoms with Gasteiger partial charge in [0.05, 0.1) is 35.1 Å². The predicted molar refractivity (Wildman–Crippen MR) is 78.0 cm³/mol. The Morgan fingerprint density at radius 3 is 2.83 bits per heavy atom. The Bertz CT molecular complexity index is 434. The average molecular weight is 362 g/mol. The molecular weight excluding hydrogens is 343 g/mol. The van der Waals surface area contributed by atoms with Crippen LogP contribution in [0.2, 0.25) is 0 Å². The van der Waals surface area contributed by atoms with Crippen LogP contribution >= 0.6 is 22.9 Å². The minimum absolute atomic E-state index is 0.563. The number of halogens is 1. The molecule has 6 heteroatoms. The number of ether oxygens (including phenoxy) is 1. The number of nitrogens with one attached hydrogen (secondary N) is 1. The fourth-order valence-corrected chi connectivity index (χ4v) is 3.42. The SMILES string of the molecule is CC1CCN(I)C2=C1N(C)C1=C(N2)N(C)CCO1. The van der Waals surface area contributed by atoms with E-state index in [1.165, 1.54) is 17.9 Å². The van der Waals surface area contributed by atoms with Gasteiger partial charge >= 0.3 is 0 Å². The molecule has 0 fully saturated rings. The number of hydrogen-bond donors (Lipinski definition) is 1. The molecule has 0 saturated carbocycles. The van der Waals surface area contributed by atoms with E-state index < -0.39 is 0 Å². The summed E-state index contributed by atoms with van der Waals surface area (Å²) in [5.41, 5.74) is 1.34. The summed E-state index contributed by atoms with van der Waals surface area (Å²) < 4.78 is 8.12. The summed E-state index contributed by atoms with van der Waals surface area (Å²) in [6, 6.07) is 0. The normalized spacial score (nSPS) is 27.8. The Balaban J connectivity index is 2.01. The molecule has 1 unspecified atom stereocenters. The van der Waals surface area contributed by atoms with Crippen molar-refractivity contribution in [3.63, 3.8) is 0 Å². The lowest BCUT2D eigenvalue weighted by atomic mass is 9.98. The molecule has 18 heavy (non-hydrogen) atoms. The molecule has 0 bridgehead atoms. The smallest absolute Gasteiger partial charge is 0.235 e. The van der Waals surface area contributed by atoms with Gasteiger partial charge in [-0.15, -0.1) is 0 Å². The van der Waals surface area contributed by atoms with Crippen molar-refractivity contribution in [1.29, 1.82) is 0 Å². The first kappa shape index (κ1) is 12.3. The first-order valence-corrected chi connectivity index (χ1v) is 7.32. The summed E-state index contributed by atoms with van der Waals surface area (Å²) in [6.45, 7) is 5.06. The van der Waals surface area contributed by atoms with Crippen molar-refractivity contribution in [2.75, 3.05) is 33.8 Å². The molecular formula is C12H19IN4O. The van der Waals surface area contributed by atoms with E-state index in [1.807, 2.05) is 0 Å². The molecule has 0 amide bonds. The van der Waals surface area contributed by atoms with Crippen LogP contribution in [0.5, 0.6) is 0 Å². The van der Waals surface area contributed by atoms with E-state index >= 15 is 0 Å². The Kier molecular flexibility index (Phi) is 2.99. The van der Waals surface area contributed by atoms with Crippen LogP contribution in [-0.2, 0) is 4.74 Å². The molecule has 0 aromatic rings. The highest BCUT2D eigenvalue weighted by Gasteiger charge is 2.36. The van der Waals surface area contributed by atoms with Gasteiger partial charge in [0, 0.05) is 26.6 Å². The van der Waals surface area contributed by atoms with Gasteiger partial charge in [-0.05, 0) is 6.42 Å². The van der Waals surface area contributed by atoms with Crippen LogP contribution in [0, 0.1) is 5.92 Å². The van der Waals surface area contributed by atoms with Crippen LogP contribution in [-0.4, -0.2) is 46.7 Å². The maximum atomic E-state index is 5.84. The second-order valence-corrected chi connectivity index (χ2v) is 6.28. The average Bonchev–Trinajstić information content (AvgIpc) is 2.35. The fourth-order valence-electron chi connectivity index (χ4n) is 2.78. The number of rotatable bonds is 0. The maximum absolute atomic E-state index is 5.84. The van der Waals surface area contributed by atoms with E-state index in [-0.39, 0.29) is 0 Å². The molecule has 0 spiro atoms. The molecule has 0 saturated heterocycles. The van der Waals surface area contributed by atoms with Crippen LogP contribution in [0.25, 0.3) is 0 Å². The van der Waals surface area contributed by atoms with E-state index in [0.29, 0.717) is 5.92 Å². The molecule has 3 heterocycles. The highest BCUT2D eigenvalue weighted by Crippen LogP contribution is 2.37. The van der Waals surface area contributed by atoms with Crippen LogP contribution in [0.15, 0.2) is 23.2 Å². The van der Waals surface area contributed by atoms with E-state index in [2.05, 4.69) is 62.1 Å². The van der Waals surface area contributed by atoms with Crippen molar-refractivity contribution in [2.45, 2.75) is 13.3 Å². The third-order valence-electron chi connectivity index (χ3n) is 3.86. The summed E-state index contributed by atoms with van der Waals surface area (Å²) in [6.07, 6.45) is 1.19. The van der Waals surface area contributed by atoms with Crippen molar-refractivity contribution in [2.24, 2.45) is 5.92 Å². The van der Waals surface area contributed by atoms with Gasteiger partial charge in [-0.2, -0.15) is 0 Å². The zero-order chi connectivity index (χ0) is 12.9. The minimum atomic E-state index is 0.563. The summed E-state index contributed by atoms with van der Waals surface area (Å²) in [7, 11) is 4.21.